The lowest BCUT2D eigenvalue weighted by molar-refractivity contribution is -0.125. The monoisotopic (exact) mass is 380 g/mol. The summed E-state index contributed by atoms with van der Waals surface area (Å²) in [6.45, 7) is 2.91. The van der Waals surface area contributed by atoms with Crippen molar-refractivity contribution in [1.29, 1.82) is 0 Å². The number of furan rings is 1. The Bertz CT molecular complexity index is 996. The molecule has 3 aromatic rings. The van der Waals surface area contributed by atoms with Gasteiger partial charge in [0.25, 0.3) is 0 Å². The number of rotatable bonds is 4. The van der Waals surface area contributed by atoms with Gasteiger partial charge < -0.3 is 19.4 Å². The molecule has 4 heterocycles. The van der Waals surface area contributed by atoms with Crippen LogP contribution in [0.25, 0.3) is 22.1 Å². The van der Waals surface area contributed by atoms with Crippen molar-refractivity contribution in [3.8, 4) is 0 Å². The molecule has 2 aromatic heterocycles. The summed E-state index contributed by atoms with van der Waals surface area (Å²) in [5.41, 5.74) is 2.33. The second-order valence-corrected chi connectivity index (χ2v) is 7.64. The van der Waals surface area contributed by atoms with E-state index in [2.05, 4.69) is 20.2 Å². The van der Waals surface area contributed by atoms with Crippen molar-refractivity contribution in [1.82, 2.24) is 15.3 Å². The fourth-order valence-corrected chi connectivity index (χ4v) is 4.28. The van der Waals surface area contributed by atoms with Crippen LogP contribution in [0.1, 0.15) is 25.7 Å². The first-order valence-electron chi connectivity index (χ1n) is 10.1. The smallest absolute Gasteiger partial charge is 0.224 e. The molecule has 7 heteroatoms. The molecule has 1 amide bonds. The molecule has 2 fully saturated rings. The third kappa shape index (κ3) is 3.20. The van der Waals surface area contributed by atoms with E-state index < -0.39 is 0 Å². The van der Waals surface area contributed by atoms with E-state index in [4.69, 9.17) is 9.15 Å². The van der Waals surface area contributed by atoms with Crippen LogP contribution in [0.4, 0.5) is 5.82 Å². The highest BCUT2D eigenvalue weighted by molar-refractivity contribution is 6.05. The van der Waals surface area contributed by atoms with Gasteiger partial charge in [0.15, 0.2) is 11.4 Å². The predicted octanol–water partition coefficient (Wildman–Crippen LogP) is 2.89. The summed E-state index contributed by atoms with van der Waals surface area (Å²) >= 11 is 0. The predicted molar refractivity (Wildman–Crippen MR) is 106 cm³/mol. The molecule has 2 aliphatic rings. The van der Waals surface area contributed by atoms with Gasteiger partial charge in [-0.15, -0.1) is 0 Å². The van der Waals surface area contributed by atoms with Crippen LogP contribution in [0.15, 0.2) is 35.0 Å². The topological polar surface area (TPSA) is 80.5 Å². The van der Waals surface area contributed by atoms with Crippen LogP contribution in [0.5, 0.6) is 0 Å². The molecular formula is C21H24N4O3. The molecule has 0 radical (unpaired) electrons. The molecule has 2 saturated heterocycles. The lowest BCUT2D eigenvalue weighted by atomic mass is 9.97. The van der Waals surface area contributed by atoms with E-state index >= 15 is 0 Å². The summed E-state index contributed by atoms with van der Waals surface area (Å²) in [6, 6.07) is 7.88. The van der Waals surface area contributed by atoms with Gasteiger partial charge in [0.05, 0.1) is 12.0 Å². The Kier molecular flexibility index (Phi) is 4.60. The zero-order valence-electron chi connectivity index (χ0n) is 15.8. The van der Waals surface area contributed by atoms with Crippen molar-refractivity contribution >= 4 is 33.8 Å². The van der Waals surface area contributed by atoms with Gasteiger partial charge in [0.2, 0.25) is 5.91 Å². The van der Waals surface area contributed by atoms with E-state index in [1.165, 1.54) is 0 Å². The minimum atomic E-state index is -0.0513. The summed E-state index contributed by atoms with van der Waals surface area (Å²) in [5, 5.41) is 4.07. The molecule has 1 aromatic carbocycles. The number of nitrogens with zero attached hydrogens (tertiary/aromatic N) is 3. The lowest BCUT2D eigenvalue weighted by Gasteiger charge is -2.32. The van der Waals surface area contributed by atoms with Crippen LogP contribution in [0.3, 0.4) is 0 Å². The van der Waals surface area contributed by atoms with Crippen molar-refractivity contribution in [3.63, 3.8) is 0 Å². The van der Waals surface area contributed by atoms with Gasteiger partial charge in [-0.25, -0.2) is 9.97 Å². The Balaban J connectivity index is 1.35. The first-order chi connectivity index (χ1) is 13.8. The van der Waals surface area contributed by atoms with E-state index in [1.807, 2.05) is 24.3 Å². The van der Waals surface area contributed by atoms with Crippen molar-refractivity contribution in [3.05, 3.63) is 30.6 Å². The van der Waals surface area contributed by atoms with E-state index in [-0.39, 0.29) is 17.9 Å². The standard InChI is InChI=1S/C21H24N4O3/c26-21(22-11-15-6-4-10-27-15)14-5-3-9-25(12-14)20-19-18(23-13-24-20)16-7-1-2-8-17(16)28-19/h1-2,7-8,13-15H,3-6,9-12H2,(H,22,26)/t14-,15-/m1/s1. The minimum Gasteiger partial charge on any atom is -0.450 e. The fourth-order valence-electron chi connectivity index (χ4n) is 4.28. The van der Waals surface area contributed by atoms with Crippen molar-refractivity contribution in [2.75, 3.05) is 31.1 Å². The quantitative estimate of drug-likeness (QED) is 0.750. The summed E-state index contributed by atoms with van der Waals surface area (Å²) < 4.78 is 11.7. The highest BCUT2D eigenvalue weighted by Crippen LogP contribution is 2.33. The van der Waals surface area contributed by atoms with E-state index in [0.29, 0.717) is 18.7 Å². The van der Waals surface area contributed by atoms with Crippen LogP contribution in [-0.2, 0) is 9.53 Å². The third-order valence-corrected chi connectivity index (χ3v) is 5.76. The number of nitrogens with one attached hydrogen (secondary N) is 1. The molecular weight excluding hydrogens is 356 g/mol. The van der Waals surface area contributed by atoms with Crippen LogP contribution in [-0.4, -0.2) is 48.2 Å². The number of benzene rings is 1. The average molecular weight is 380 g/mol. The maximum Gasteiger partial charge on any atom is 0.224 e. The van der Waals surface area contributed by atoms with E-state index in [9.17, 15) is 4.79 Å². The first-order valence-corrected chi connectivity index (χ1v) is 10.1. The molecule has 1 N–H and O–H groups in total. The Morgan fingerprint density at radius 3 is 3.04 bits per heavy atom. The van der Waals surface area contributed by atoms with Gasteiger partial charge in [-0.3, -0.25) is 4.79 Å². The Labute approximate surface area is 163 Å². The normalized spacial score (nSPS) is 22.8. The second-order valence-electron chi connectivity index (χ2n) is 7.64. The number of para-hydroxylation sites is 1. The molecule has 146 valence electrons. The number of hydrogen-bond acceptors (Lipinski definition) is 6. The number of carbonyl (C=O) groups excluding carboxylic acids is 1. The molecule has 5 rings (SSSR count). The van der Waals surface area contributed by atoms with Gasteiger partial charge >= 0.3 is 0 Å². The maximum atomic E-state index is 12.7. The molecule has 0 spiro atoms. The molecule has 0 aliphatic carbocycles. The van der Waals surface area contributed by atoms with Crippen molar-refractivity contribution in [2.45, 2.75) is 31.8 Å². The molecule has 2 aliphatic heterocycles. The van der Waals surface area contributed by atoms with Crippen LogP contribution < -0.4 is 10.2 Å². The number of aromatic nitrogens is 2. The molecule has 0 bridgehead atoms. The second kappa shape index (κ2) is 7.39. The van der Waals surface area contributed by atoms with Gasteiger partial charge in [0, 0.05) is 31.6 Å². The van der Waals surface area contributed by atoms with Gasteiger partial charge in [-0.2, -0.15) is 0 Å². The lowest BCUT2D eigenvalue weighted by Crippen LogP contribution is -2.45. The molecule has 7 nitrogen and oxygen atoms in total. The van der Waals surface area contributed by atoms with E-state index in [1.54, 1.807) is 6.33 Å². The number of fused-ring (bicyclic) bond motifs is 3. The summed E-state index contributed by atoms with van der Waals surface area (Å²) in [6.07, 6.45) is 5.70. The third-order valence-electron chi connectivity index (χ3n) is 5.76. The van der Waals surface area contributed by atoms with Gasteiger partial charge in [-0.05, 0) is 37.8 Å². The summed E-state index contributed by atoms with van der Waals surface area (Å²) in [7, 11) is 0. The number of amides is 1. The zero-order chi connectivity index (χ0) is 18.9. The number of carbonyl (C=O) groups is 1. The van der Waals surface area contributed by atoms with Crippen molar-refractivity contribution < 1.29 is 13.9 Å². The van der Waals surface area contributed by atoms with Crippen LogP contribution in [0, 0.1) is 5.92 Å². The fraction of sp³-hybridized carbons (Fsp3) is 0.476. The van der Waals surface area contributed by atoms with E-state index in [0.717, 1.165) is 61.1 Å². The molecule has 0 saturated carbocycles. The zero-order valence-corrected chi connectivity index (χ0v) is 15.8. The number of piperidine rings is 1. The molecule has 2 atom stereocenters. The number of hydrogen-bond donors (Lipinski definition) is 1. The Morgan fingerprint density at radius 2 is 2.14 bits per heavy atom. The SMILES string of the molecule is O=C(NC[C@H]1CCCO1)[C@@H]1CCCN(c2ncnc3c2oc2ccccc23)C1. The highest BCUT2D eigenvalue weighted by Gasteiger charge is 2.29. The van der Waals surface area contributed by atoms with Gasteiger partial charge in [-0.1, -0.05) is 12.1 Å². The summed E-state index contributed by atoms with van der Waals surface area (Å²) in [5.74, 6) is 0.831. The Hall–Kier alpha value is -2.67. The van der Waals surface area contributed by atoms with Gasteiger partial charge in [0.1, 0.15) is 17.4 Å². The number of anilines is 1. The Morgan fingerprint density at radius 1 is 1.21 bits per heavy atom. The highest BCUT2D eigenvalue weighted by atomic mass is 16.5. The average Bonchev–Trinajstić information content (AvgIpc) is 3.39. The first kappa shape index (κ1) is 17.4. The minimum absolute atomic E-state index is 0.0513. The largest absolute Gasteiger partial charge is 0.450 e. The summed E-state index contributed by atoms with van der Waals surface area (Å²) in [4.78, 5) is 23.8. The maximum absolute atomic E-state index is 12.7. The van der Waals surface area contributed by atoms with Crippen LogP contribution >= 0.6 is 0 Å². The molecule has 28 heavy (non-hydrogen) atoms. The molecule has 0 unspecified atom stereocenters. The van der Waals surface area contributed by atoms with Crippen molar-refractivity contribution in [2.24, 2.45) is 5.92 Å². The van der Waals surface area contributed by atoms with Crippen LogP contribution in [0.2, 0.25) is 0 Å². The number of ether oxygens (including phenoxy) is 1.